The second-order valence-electron chi connectivity index (χ2n) is 8.85. The van der Waals surface area contributed by atoms with Gasteiger partial charge in [-0.25, -0.2) is 9.78 Å². The Morgan fingerprint density at radius 1 is 1.18 bits per heavy atom. The summed E-state index contributed by atoms with van der Waals surface area (Å²) in [6.45, 7) is 4.54. The van der Waals surface area contributed by atoms with E-state index in [1.54, 1.807) is 10.6 Å². The van der Waals surface area contributed by atoms with Crippen molar-refractivity contribution in [2.75, 3.05) is 13.3 Å². The molecule has 2 aliphatic heterocycles. The van der Waals surface area contributed by atoms with Crippen molar-refractivity contribution in [1.82, 2.24) is 14.9 Å². The molecule has 0 aliphatic carbocycles. The monoisotopic (exact) mass is 516 g/mol. The number of aliphatic hydroxyl groups excluding tert-OH is 1. The zero-order valence-corrected chi connectivity index (χ0v) is 21.1. The Hall–Kier alpha value is -4.12. The largest absolute Gasteiger partial charge is 0.458 e. The number of cyclic esters (lactones) is 1. The molecule has 2 aromatic carbocycles. The molecule has 0 saturated carbocycles. The van der Waals surface area contributed by atoms with Gasteiger partial charge in [0, 0.05) is 16.5 Å². The van der Waals surface area contributed by atoms with Gasteiger partial charge in [0.25, 0.3) is 5.56 Å². The summed E-state index contributed by atoms with van der Waals surface area (Å²) in [5, 5.41) is 15.8. The van der Waals surface area contributed by atoms with E-state index >= 15 is 0 Å². The van der Waals surface area contributed by atoms with Crippen molar-refractivity contribution in [3.8, 4) is 11.4 Å². The number of pyridine rings is 2. The van der Waals surface area contributed by atoms with Gasteiger partial charge in [0.15, 0.2) is 6.10 Å². The highest BCUT2D eigenvalue weighted by Crippen LogP contribution is 2.36. The number of nitrogens with one attached hydrogen (secondary N) is 1. The van der Waals surface area contributed by atoms with Crippen LogP contribution in [0, 0.1) is 0 Å². The van der Waals surface area contributed by atoms with Gasteiger partial charge in [-0.2, -0.15) is 0 Å². The first kappa shape index (κ1) is 25.5. The molecule has 0 radical (unpaired) electrons. The van der Waals surface area contributed by atoms with Gasteiger partial charge in [0.2, 0.25) is 5.91 Å². The molecule has 10 heteroatoms. The van der Waals surface area contributed by atoms with Crippen LogP contribution in [-0.2, 0) is 38.8 Å². The molecule has 38 heavy (non-hydrogen) atoms. The molecular formula is C28H28N4O6. The average Bonchev–Trinajstić information content (AvgIpc) is 3.31. The summed E-state index contributed by atoms with van der Waals surface area (Å²) >= 11 is 0. The van der Waals surface area contributed by atoms with Gasteiger partial charge in [-0.15, -0.1) is 0 Å². The quantitative estimate of drug-likeness (QED) is 0.140. The number of nitrogens with zero attached hydrogens (tertiary/aromatic N) is 2. The Kier molecular flexibility index (Phi) is 6.94. The Morgan fingerprint density at radius 2 is 2.00 bits per heavy atom. The predicted octanol–water partition coefficient (Wildman–Crippen LogP) is 2.24. The fraction of sp³-hybridized carbons (Fsp3) is 0.286. The number of rotatable bonds is 5. The molecule has 4 aromatic rings. The standard InChI is InChI=1S/C26H22N4O6.C2H6/c27-8-22(31)28-12-35-10-13-1-3-16-14(5-13)2-4-20-17(16)6-15-9-30-21(23(15)29-20)7-18-19(25(30)33)11-36-26(34)24(18)32;1-2/h1-7,24,32H,8-12,27H2,(H,28,31);1-2H3. The molecule has 1 atom stereocenters. The van der Waals surface area contributed by atoms with Gasteiger partial charge < -0.3 is 30.2 Å². The third-order valence-corrected chi connectivity index (χ3v) is 6.67. The van der Waals surface area contributed by atoms with Crippen molar-refractivity contribution < 1.29 is 24.2 Å². The molecule has 1 amide bonds. The van der Waals surface area contributed by atoms with Crippen LogP contribution in [0.1, 0.15) is 42.2 Å². The normalized spacial score (nSPS) is 15.3. The molecule has 0 fully saturated rings. The second-order valence-corrected chi connectivity index (χ2v) is 8.85. The maximum absolute atomic E-state index is 13.1. The number of hydrogen-bond donors (Lipinski definition) is 3. The maximum Gasteiger partial charge on any atom is 0.340 e. The summed E-state index contributed by atoms with van der Waals surface area (Å²) in [6.07, 6.45) is -1.48. The minimum atomic E-state index is -1.48. The molecule has 1 unspecified atom stereocenters. The topological polar surface area (TPSA) is 146 Å². The molecule has 4 N–H and O–H groups in total. The number of hydrogen-bond acceptors (Lipinski definition) is 8. The van der Waals surface area contributed by atoms with E-state index in [1.807, 2.05) is 50.2 Å². The number of benzene rings is 2. The first-order chi connectivity index (χ1) is 18.4. The Bertz CT molecular complexity index is 1640. The highest BCUT2D eigenvalue weighted by Gasteiger charge is 2.33. The summed E-state index contributed by atoms with van der Waals surface area (Å²) < 4.78 is 12.1. The van der Waals surface area contributed by atoms with Crippen LogP contribution in [0.25, 0.3) is 33.1 Å². The summed E-state index contributed by atoms with van der Waals surface area (Å²) in [5.41, 5.74) is 9.42. The van der Waals surface area contributed by atoms with Gasteiger partial charge >= 0.3 is 5.97 Å². The lowest BCUT2D eigenvalue weighted by atomic mass is 9.99. The molecule has 196 valence electrons. The van der Waals surface area contributed by atoms with E-state index in [1.165, 1.54) is 0 Å². The van der Waals surface area contributed by atoms with E-state index in [9.17, 15) is 19.5 Å². The van der Waals surface area contributed by atoms with Crippen molar-refractivity contribution in [2.24, 2.45) is 5.73 Å². The number of esters is 1. The lowest BCUT2D eigenvalue weighted by Gasteiger charge is -2.21. The number of aliphatic hydroxyl groups is 1. The fourth-order valence-corrected chi connectivity index (χ4v) is 4.85. The number of nitrogens with two attached hydrogens (primary N) is 1. The molecule has 10 nitrogen and oxygen atoms in total. The van der Waals surface area contributed by atoms with Crippen LogP contribution in [0.15, 0.2) is 47.3 Å². The minimum Gasteiger partial charge on any atom is -0.458 e. The zero-order chi connectivity index (χ0) is 27.0. The smallest absolute Gasteiger partial charge is 0.340 e. The van der Waals surface area contributed by atoms with Crippen molar-refractivity contribution in [3.05, 3.63) is 75.1 Å². The minimum absolute atomic E-state index is 0.0811. The van der Waals surface area contributed by atoms with E-state index in [0.717, 1.165) is 32.8 Å². The van der Waals surface area contributed by atoms with Gasteiger partial charge in [0.1, 0.15) is 13.3 Å². The van der Waals surface area contributed by atoms with Gasteiger partial charge in [0.05, 0.1) is 42.2 Å². The van der Waals surface area contributed by atoms with Gasteiger partial charge in [-0.05, 0) is 40.6 Å². The number of aromatic nitrogens is 2. The number of carbonyl (C=O) groups is 2. The molecule has 4 heterocycles. The average molecular weight is 517 g/mol. The van der Waals surface area contributed by atoms with Crippen LogP contribution in [-0.4, -0.2) is 39.8 Å². The van der Waals surface area contributed by atoms with Crippen LogP contribution in [0.5, 0.6) is 0 Å². The zero-order valence-electron chi connectivity index (χ0n) is 21.1. The molecule has 2 aliphatic rings. The predicted molar refractivity (Wildman–Crippen MR) is 141 cm³/mol. The van der Waals surface area contributed by atoms with Crippen molar-refractivity contribution in [3.63, 3.8) is 0 Å². The second kappa shape index (κ2) is 10.3. The van der Waals surface area contributed by atoms with E-state index in [-0.39, 0.29) is 36.9 Å². The van der Waals surface area contributed by atoms with Crippen LogP contribution in [0.2, 0.25) is 0 Å². The molecular weight excluding hydrogens is 488 g/mol. The number of amides is 1. The summed E-state index contributed by atoms with van der Waals surface area (Å²) in [5.74, 6) is -1.03. The van der Waals surface area contributed by atoms with Crippen molar-refractivity contribution in [1.29, 1.82) is 0 Å². The molecule has 0 spiro atoms. The Labute approximate surface area is 218 Å². The summed E-state index contributed by atoms with van der Waals surface area (Å²) in [6, 6.07) is 13.6. The molecule has 2 aromatic heterocycles. The van der Waals surface area contributed by atoms with Gasteiger partial charge in [-0.1, -0.05) is 32.0 Å². The van der Waals surface area contributed by atoms with Crippen LogP contribution >= 0.6 is 0 Å². The number of fused-ring (bicyclic) bond motifs is 7. The maximum atomic E-state index is 13.1. The first-order valence-corrected chi connectivity index (χ1v) is 12.5. The van der Waals surface area contributed by atoms with Crippen molar-refractivity contribution in [2.45, 2.75) is 39.7 Å². The van der Waals surface area contributed by atoms with E-state index in [4.69, 9.17) is 20.2 Å². The van der Waals surface area contributed by atoms with E-state index in [2.05, 4.69) is 5.32 Å². The summed E-state index contributed by atoms with van der Waals surface area (Å²) in [7, 11) is 0. The SMILES string of the molecule is CC.NCC(=O)NCOCc1ccc2c(ccc3nc4c(cc32)Cn2c-4cc3c(c2=O)COC(=O)C3O)c1. The van der Waals surface area contributed by atoms with Crippen LogP contribution in [0.3, 0.4) is 0 Å². The van der Waals surface area contributed by atoms with Crippen molar-refractivity contribution >= 4 is 33.6 Å². The Balaban J connectivity index is 0.00000144. The summed E-state index contributed by atoms with van der Waals surface area (Å²) in [4.78, 5) is 41.0. The Morgan fingerprint density at radius 3 is 2.79 bits per heavy atom. The first-order valence-electron chi connectivity index (χ1n) is 12.5. The van der Waals surface area contributed by atoms with Gasteiger partial charge in [-0.3, -0.25) is 9.59 Å². The molecule has 0 bridgehead atoms. The number of carbonyl (C=O) groups excluding carboxylic acids is 2. The molecule has 0 saturated heterocycles. The fourth-order valence-electron chi connectivity index (χ4n) is 4.85. The third-order valence-electron chi connectivity index (χ3n) is 6.67. The number of ether oxygens (including phenoxy) is 2. The van der Waals surface area contributed by atoms with E-state index in [0.29, 0.717) is 30.1 Å². The van der Waals surface area contributed by atoms with E-state index < -0.39 is 12.1 Å². The third kappa shape index (κ3) is 4.32. The highest BCUT2D eigenvalue weighted by atomic mass is 16.5. The lowest BCUT2D eigenvalue weighted by molar-refractivity contribution is -0.157. The highest BCUT2D eigenvalue weighted by molar-refractivity contribution is 6.07. The van der Waals surface area contributed by atoms with Crippen LogP contribution < -0.4 is 16.6 Å². The lowest BCUT2D eigenvalue weighted by Crippen LogP contribution is -2.32. The molecule has 6 rings (SSSR count). The van der Waals surface area contributed by atoms with Crippen LogP contribution in [0.4, 0.5) is 0 Å².